The topological polar surface area (TPSA) is 32.5 Å². The lowest BCUT2D eigenvalue weighted by atomic mass is 10.2. The average Bonchev–Trinajstić information content (AvgIpc) is 1.82. The third-order valence-electron chi connectivity index (χ3n) is 1.78. The van der Waals surface area contributed by atoms with E-state index in [2.05, 4.69) is 25.9 Å². The fraction of sp³-hybridized carbons (Fsp3) is 1.00. The van der Waals surface area contributed by atoms with E-state index in [-0.39, 0.29) is 0 Å². The first-order valence-electron chi connectivity index (χ1n) is 3.66. The first kappa shape index (κ1) is 9.88. The summed E-state index contributed by atoms with van der Waals surface area (Å²) >= 11 is 0. The second-order valence-corrected chi connectivity index (χ2v) is 3.08. The SMILES string of the molecule is CC(CCN(C)N)N(C)C. The van der Waals surface area contributed by atoms with E-state index in [4.69, 9.17) is 5.84 Å². The van der Waals surface area contributed by atoms with E-state index in [1.54, 1.807) is 5.01 Å². The van der Waals surface area contributed by atoms with Gasteiger partial charge in [0.05, 0.1) is 0 Å². The molecule has 1 atom stereocenters. The third kappa shape index (κ3) is 4.73. The van der Waals surface area contributed by atoms with Crippen molar-refractivity contribution >= 4 is 0 Å². The standard InChI is InChI=1S/C7H19N3/c1-7(9(2)3)5-6-10(4)8/h7H,5-6,8H2,1-4H3. The zero-order chi connectivity index (χ0) is 8.15. The summed E-state index contributed by atoms with van der Waals surface area (Å²) in [4.78, 5) is 2.20. The Morgan fingerprint density at radius 2 is 1.80 bits per heavy atom. The molecular formula is C7H19N3. The summed E-state index contributed by atoms with van der Waals surface area (Å²) in [5.74, 6) is 5.46. The van der Waals surface area contributed by atoms with Crippen LogP contribution < -0.4 is 5.84 Å². The fourth-order valence-electron chi connectivity index (χ4n) is 0.649. The van der Waals surface area contributed by atoms with Gasteiger partial charge in [-0.2, -0.15) is 0 Å². The Hall–Kier alpha value is -0.120. The second kappa shape index (κ2) is 4.66. The van der Waals surface area contributed by atoms with Crippen LogP contribution in [0, 0.1) is 0 Å². The minimum atomic E-state index is 0.617. The molecule has 0 bridgehead atoms. The van der Waals surface area contributed by atoms with Crippen molar-refractivity contribution in [3.8, 4) is 0 Å². The molecule has 0 aliphatic carbocycles. The van der Waals surface area contributed by atoms with Gasteiger partial charge >= 0.3 is 0 Å². The fourth-order valence-corrected chi connectivity index (χ4v) is 0.649. The lowest BCUT2D eigenvalue weighted by Crippen LogP contribution is -2.33. The van der Waals surface area contributed by atoms with Gasteiger partial charge in [0.2, 0.25) is 0 Å². The molecule has 0 heterocycles. The number of nitrogens with two attached hydrogens (primary N) is 1. The van der Waals surface area contributed by atoms with Crippen molar-refractivity contribution in [1.29, 1.82) is 0 Å². The van der Waals surface area contributed by atoms with Crippen LogP contribution in [-0.4, -0.2) is 43.6 Å². The van der Waals surface area contributed by atoms with E-state index < -0.39 is 0 Å². The molecule has 2 N–H and O–H groups in total. The summed E-state index contributed by atoms with van der Waals surface area (Å²) in [6.45, 7) is 3.16. The summed E-state index contributed by atoms with van der Waals surface area (Å²) < 4.78 is 0. The van der Waals surface area contributed by atoms with Gasteiger partial charge in [0.25, 0.3) is 0 Å². The highest BCUT2D eigenvalue weighted by Gasteiger charge is 2.03. The Morgan fingerprint density at radius 3 is 2.10 bits per heavy atom. The maximum atomic E-state index is 5.46. The van der Waals surface area contributed by atoms with Crippen LogP contribution in [0.25, 0.3) is 0 Å². The van der Waals surface area contributed by atoms with E-state index in [9.17, 15) is 0 Å². The first-order valence-corrected chi connectivity index (χ1v) is 3.66. The largest absolute Gasteiger partial charge is 0.307 e. The Balaban J connectivity index is 3.30. The summed E-state index contributed by atoms with van der Waals surface area (Å²) in [6.07, 6.45) is 1.12. The number of rotatable bonds is 4. The molecule has 0 rings (SSSR count). The molecule has 0 saturated heterocycles. The van der Waals surface area contributed by atoms with E-state index in [1.165, 1.54) is 0 Å². The highest BCUT2D eigenvalue weighted by Crippen LogP contribution is 1.96. The van der Waals surface area contributed by atoms with Crippen molar-refractivity contribution in [3.63, 3.8) is 0 Å². The van der Waals surface area contributed by atoms with Gasteiger partial charge in [0.15, 0.2) is 0 Å². The Morgan fingerprint density at radius 1 is 1.30 bits per heavy atom. The number of nitrogens with zero attached hydrogens (tertiary/aromatic N) is 2. The molecule has 0 aromatic carbocycles. The van der Waals surface area contributed by atoms with Crippen molar-refractivity contribution < 1.29 is 0 Å². The van der Waals surface area contributed by atoms with Gasteiger partial charge in [-0.05, 0) is 27.4 Å². The van der Waals surface area contributed by atoms with Crippen molar-refractivity contribution in [1.82, 2.24) is 9.91 Å². The summed E-state index contributed by atoms with van der Waals surface area (Å²) in [6, 6.07) is 0.617. The second-order valence-electron chi connectivity index (χ2n) is 3.08. The number of hydrogen-bond donors (Lipinski definition) is 1. The molecule has 0 amide bonds. The molecule has 0 spiro atoms. The summed E-state index contributed by atoms with van der Waals surface area (Å²) in [7, 11) is 6.06. The van der Waals surface area contributed by atoms with Crippen LogP contribution in [0.15, 0.2) is 0 Å². The van der Waals surface area contributed by atoms with E-state index in [0.29, 0.717) is 6.04 Å². The van der Waals surface area contributed by atoms with E-state index in [1.807, 2.05) is 7.05 Å². The molecule has 62 valence electrons. The molecule has 0 aromatic rings. The Labute approximate surface area is 63.8 Å². The van der Waals surface area contributed by atoms with Crippen LogP contribution in [0.1, 0.15) is 13.3 Å². The zero-order valence-electron chi connectivity index (χ0n) is 7.46. The van der Waals surface area contributed by atoms with Crippen molar-refractivity contribution in [2.45, 2.75) is 19.4 Å². The quantitative estimate of drug-likeness (QED) is 0.451. The Bertz CT molecular complexity index is 80.9. The van der Waals surface area contributed by atoms with Gasteiger partial charge in [-0.3, -0.25) is 10.9 Å². The van der Waals surface area contributed by atoms with E-state index >= 15 is 0 Å². The lowest BCUT2D eigenvalue weighted by molar-refractivity contribution is 0.252. The Kier molecular flexibility index (Phi) is 4.60. The monoisotopic (exact) mass is 145 g/mol. The number of hydrazine groups is 1. The molecule has 0 aromatic heterocycles. The maximum Gasteiger partial charge on any atom is 0.0140 e. The molecule has 0 radical (unpaired) electrons. The van der Waals surface area contributed by atoms with Crippen molar-refractivity contribution in [2.24, 2.45) is 5.84 Å². The molecule has 0 aliphatic heterocycles. The molecular weight excluding hydrogens is 126 g/mol. The van der Waals surface area contributed by atoms with Crippen molar-refractivity contribution in [2.75, 3.05) is 27.7 Å². The predicted octanol–water partition coefficient (Wildman–Crippen LogP) is 0.132. The predicted molar refractivity (Wildman–Crippen MR) is 44.6 cm³/mol. The van der Waals surface area contributed by atoms with Gasteiger partial charge in [0.1, 0.15) is 0 Å². The van der Waals surface area contributed by atoms with Gasteiger partial charge in [0, 0.05) is 19.6 Å². The van der Waals surface area contributed by atoms with Crippen LogP contribution in [0.4, 0.5) is 0 Å². The molecule has 1 unspecified atom stereocenters. The average molecular weight is 145 g/mol. The zero-order valence-corrected chi connectivity index (χ0v) is 7.46. The lowest BCUT2D eigenvalue weighted by Gasteiger charge is -2.21. The van der Waals surface area contributed by atoms with Crippen LogP contribution in [-0.2, 0) is 0 Å². The van der Waals surface area contributed by atoms with Crippen LogP contribution in [0.2, 0.25) is 0 Å². The molecule has 0 aliphatic rings. The normalized spacial score (nSPS) is 14.7. The molecule has 3 nitrogen and oxygen atoms in total. The molecule has 0 saturated carbocycles. The number of hydrogen-bond acceptors (Lipinski definition) is 3. The minimum absolute atomic E-state index is 0.617. The highest BCUT2D eigenvalue weighted by molar-refractivity contribution is 4.59. The molecule has 0 fully saturated rings. The summed E-state index contributed by atoms with van der Waals surface area (Å²) in [5, 5.41) is 1.72. The highest BCUT2D eigenvalue weighted by atomic mass is 15.4. The van der Waals surface area contributed by atoms with Crippen LogP contribution in [0.5, 0.6) is 0 Å². The minimum Gasteiger partial charge on any atom is -0.307 e. The van der Waals surface area contributed by atoms with Gasteiger partial charge in [-0.15, -0.1) is 0 Å². The smallest absolute Gasteiger partial charge is 0.0140 e. The maximum absolute atomic E-state index is 5.46. The van der Waals surface area contributed by atoms with Crippen LogP contribution >= 0.6 is 0 Å². The molecule has 3 heteroatoms. The van der Waals surface area contributed by atoms with Gasteiger partial charge in [-0.25, -0.2) is 0 Å². The van der Waals surface area contributed by atoms with E-state index in [0.717, 1.165) is 13.0 Å². The third-order valence-corrected chi connectivity index (χ3v) is 1.78. The first-order chi connectivity index (χ1) is 4.54. The van der Waals surface area contributed by atoms with Gasteiger partial charge < -0.3 is 4.90 Å². The van der Waals surface area contributed by atoms with Gasteiger partial charge in [-0.1, -0.05) is 0 Å². The van der Waals surface area contributed by atoms with Crippen LogP contribution in [0.3, 0.4) is 0 Å². The summed E-state index contributed by atoms with van der Waals surface area (Å²) in [5.41, 5.74) is 0. The molecule has 10 heavy (non-hydrogen) atoms. The van der Waals surface area contributed by atoms with Crippen molar-refractivity contribution in [3.05, 3.63) is 0 Å².